The lowest BCUT2D eigenvalue weighted by Crippen LogP contribution is -2.35. The molecule has 2 fully saturated rings. The van der Waals surface area contributed by atoms with Crippen LogP contribution in [-0.2, 0) is 14.9 Å². The third kappa shape index (κ3) is 2.20. The highest BCUT2D eigenvalue weighted by molar-refractivity contribution is 5.31. The van der Waals surface area contributed by atoms with Gasteiger partial charge in [-0.05, 0) is 0 Å². The molecule has 112 valence electrons. The Morgan fingerprint density at radius 3 is 2.85 bits per heavy atom. The van der Waals surface area contributed by atoms with Crippen molar-refractivity contribution in [1.29, 1.82) is 0 Å². The van der Waals surface area contributed by atoms with E-state index in [0.29, 0.717) is 24.4 Å². The number of fused-ring (bicyclic) bond motifs is 1. The van der Waals surface area contributed by atoms with E-state index in [1.54, 1.807) is 7.11 Å². The molecule has 20 heavy (non-hydrogen) atoms. The molecule has 2 atom stereocenters. The highest BCUT2D eigenvalue weighted by atomic mass is 16.5. The first-order valence-corrected chi connectivity index (χ1v) is 7.10. The van der Waals surface area contributed by atoms with Crippen LogP contribution in [0.4, 0.5) is 6.01 Å². The van der Waals surface area contributed by atoms with Gasteiger partial charge in [-0.25, -0.2) is 0 Å². The number of rotatable bonds is 3. The van der Waals surface area contributed by atoms with Crippen molar-refractivity contribution < 1.29 is 13.9 Å². The lowest BCUT2D eigenvalue weighted by atomic mass is 9.82. The smallest absolute Gasteiger partial charge is 0.318 e. The summed E-state index contributed by atoms with van der Waals surface area (Å²) in [5.74, 6) is 1.16. The molecule has 1 aromatic rings. The molecule has 2 aliphatic rings. The number of aromatic nitrogens is 2. The molecule has 0 aromatic carbocycles. The van der Waals surface area contributed by atoms with Crippen LogP contribution < -0.4 is 4.90 Å². The molecule has 0 unspecified atom stereocenters. The molecule has 0 amide bonds. The molecule has 6 nitrogen and oxygen atoms in total. The molecule has 1 aromatic heterocycles. The summed E-state index contributed by atoms with van der Waals surface area (Å²) < 4.78 is 16.9. The Bertz CT molecular complexity index is 482. The number of hydrogen-bond donors (Lipinski definition) is 0. The minimum atomic E-state index is -0.117. The monoisotopic (exact) mass is 281 g/mol. The standard InChI is InChI=1S/C14H23N3O3/c1-13(2,3)11-15-16-12(20-11)17-5-10-6-19-9-14(10,7-17)8-18-4/h10H,5-9H2,1-4H3/t10-,14-/m0/s1. The van der Waals surface area contributed by atoms with Crippen LogP contribution in [-0.4, -0.2) is 50.2 Å². The Hall–Kier alpha value is -1.14. The van der Waals surface area contributed by atoms with E-state index in [9.17, 15) is 0 Å². The summed E-state index contributed by atoms with van der Waals surface area (Å²) in [6.07, 6.45) is 0. The van der Waals surface area contributed by atoms with E-state index < -0.39 is 0 Å². The molecule has 2 saturated heterocycles. The van der Waals surface area contributed by atoms with Crippen molar-refractivity contribution in [2.45, 2.75) is 26.2 Å². The third-order valence-corrected chi connectivity index (χ3v) is 4.28. The molecule has 6 heteroatoms. The summed E-state index contributed by atoms with van der Waals surface area (Å²) in [6, 6.07) is 0.625. The zero-order chi connectivity index (χ0) is 14.4. The first kappa shape index (κ1) is 13.8. The SMILES string of the molecule is COC[C@@]12COC[C@@H]1CN(c1nnc(C(C)(C)C)o1)C2. The van der Waals surface area contributed by atoms with Gasteiger partial charge in [0.2, 0.25) is 5.89 Å². The Labute approximate surface area is 119 Å². The highest BCUT2D eigenvalue weighted by Crippen LogP contribution is 2.43. The normalized spacial score (nSPS) is 30.0. The Kier molecular flexibility index (Phi) is 3.25. The van der Waals surface area contributed by atoms with Gasteiger partial charge in [0.1, 0.15) is 0 Å². The fourth-order valence-corrected chi connectivity index (χ4v) is 3.12. The minimum Gasteiger partial charge on any atom is -0.407 e. The average Bonchev–Trinajstić information content (AvgIpc) is 2.98. The number of methoxy groups -OCH3 is 1. The van der Waals surface area contributed by atoms with Crippen LogP contribution in [0.15, 0.2) is 4.42 Å². The summed E-state index contributed by atoms with van der Waals surface area (Å²) in [7, 11) is 1.75. The Balaban J connectivity index is 1.78. The van der Waals surface area contributed by atoms with E-state index in [4.69, 9.17) is 13.9 Å². The van der Waals surface area contributed by atoms with Gasteiger partial charge in [-0.2, -0.15) is 0 Å². The molecule has 3 rings (SSSR count). The van der Waals surface area contributed by atoms with Gasteiger partial charge in [-0.15, -0.1) is 5.10 Å². The van der Waals surface area contributed by atoms with E-state index >= 15 is 0 Å². The van der Waals surface area contributed by atoms with Gasteiger partial charge in [0.05, 0.1) is 19.8 Å². The van der Waals surface area contributed by atoms with Crippen molar-refractivity contribution in [3.8, 4) is 0 Å². The summed E-state index contributed by atoms with van der Waals surface area (Å²) in [6.45, 7) is 10.2. The number of nitrogens with zero attached hydrogens (tertiary/aromatic N) is 3. The van der Waals surface area contributed by atoms with Crippen molar-refractivity contribution in [2.24, 2.45) is 11.3 Å². The van der Waals surface area contributed by atoms with E-state index in [1.807, 2.05) is 0 Å². The molecule has 0 bridgehead atoms. The van der Waals surface area contributed by atoms with Crippen molar-refractivity contribution in [1.82, 2.24) is 10.2 Å². The largest absolute Gasteiger partial charge is 0.407 e. The van der Waals surface area contributed by atoms with E-state index in [-0.39, 0.29) is 10.8 Å². The molecule has 0 N–H and O–H groups in total. The van der Waals surface area contributed by atoms with Gasteiger partial charge in [0.25, 0.3) is 0 Å². The average molecular weight is 281 g/mol. The van der Waals surface area contributed by atoms with Crippen molar-refractivity contribution in [3.05, 3.63) is 5.89 Å². The molecule has 2 aliphatic heterocycles. The molecule has 0 radical (unpaired) electrons. The van der Waals surface area contributed by atoms with E-state index in [0.717, 1.165) is 26.3 Å². The van der Waals surface area contributed by atoms with Crippen LogP contribution in [0.3, 0.4) is 0 Å². The van der Waals surface area contributed by atoms with E-state index in [1.165, 1.54) is 0 Å². The summed E-state index contributed by atoms with van der Waals surface area (Å²) in [5.41, 5.74) is -0.0424. The van der Waals surface area contributed by atoms with E-state index in [2.05, 4.69) is 35.9 Å². The summed E-state index contributed by atoms with van der Waals surface area (Å²) in [5, 5.41) is 8.38. The number of anilines is 1. The predicted octanol–water partition coefficient (Wildman–Crippen LogP) is 1.47. The van der Waals surface area contributed by atoms with Gasteiger partial charge in [0.15, 0.2) is 0 Å². The molecule has 0 spiro atoms. The first-order valence-electron chi connectivity index (χ1n) is 7.10. The van der Waals surface area contributed by atoms with Crippen LogP contribution in [0.25, 0.3) is 0 Å². The molecule has 3 heterocycles. The maximum Gasteiger partial charge on any atom is 0.318 e. The zero-order valence-corrected chi connectivity index (χ0v) is 12.7. The summed E-state index contributed by atoms with van der Waals surface area (Å²) >= 11 is 0. The van der Waals surface area contributed by atoms with Crippen LogP contribution in [0, 0.1) is 11.3 Å². The van der Waals surface area contributed by atoms with Gasteiger partial charge in [-0.3, -0.25) is 0 Å². The zero-order valence-electron chi connectivity index (χ0n) is 12.7. The van der Waals surface area contributed by atoms with Crippen molar-refractivity contribution in [2.75, 3.05) is 44.9 Å². The minimum absolute atomic E-state index is 0.0745. The molecule has 0 aliphatic carbocycles. The maximum atomic E-state index is 5.84. The fourth-order valence-electron chi connectivity index (χ4n) is 3.12. The topological polar surface area (TPSA) is 60.6 Å². The van der Waals surface area contributed by atoms with Crippen LogP contribution in [0.5, 0.6) is 0 Å². The number of hydrogen-bond acceptors (Lipinski definition) is 6. The van der Waals surface area contributed by atoms with Gasteiger partial charge >= 0.3 is 6.01 Å². The summed E-state index contributed by atoms with van der Waals surface area (Å²) in [4.78, 5) is 2.18. The van der Waals surface area contributed by atoms with Gasteiger partial charge in [-0.1, -0.05) is 25.9 Å². The Morgan fingerprint density at radius 1 is 1.40 bits per heavy atom. The van der Waals surface area contributed by atoms with Crippen molar-refractivity contribution >= 4 is 6.01 Å². The second-order valence-corrected chi connectivity index (χ2v) is 7.03. The fraction of sp³-hybridized carbons (Fsp3) is 0.857. The quantitative estimate of drug-likeness (QED) is 0.836. The second-order valence-electron chi connectivity index (χ2n) is 7.03. The maximum absolute atomic E-state index is 5.84. The first-order chi connectivity index (χ1) is 9.44. The third-order valence-electron chi connectivity index (χ3n) is 4.28. The number of ether oxygens (including phenoxy) is 2. The van der Waals surface area contributed by atoms with Crippen molar-refractivity contribution in [3.63, 3.8) is 0 Å². The molecule has 0 saturated carbocycles. The highest BCUT2D eigenvalue weighted by Gasteiger charge is 2.51. The predicted molar refractivity (Wildman–Crippen MR) is 73.8 cm³/mol. The lowest BCUT2D eigenvalue weighted by Gasteiger charge is -2.25. The van der Waals surface area contributed by atoms with Crippen LogP contribution >= 0.6 is 0 Å². The van der Waals surface area contributed by atoms with Crippen LogP contribution in [0.1, 0.15) is 26.7 Å². The second kappa shape index (κ2) is 4.70. The lowest BCUT2D eigenvalue weighted by molar-refractivity contribution is 0.0658. The molecular weight excluding hydrogens is 258 g/mol. The van der Waals surface area contributed by atoms with Gasteiger partial charge in [0, 0.05) is 36.9 Å². The van der Waals surface area contributed by atoms with Gasteiger partial charge < -0.3 is 18.8 Å². The molecular formula is C14H23N3O3. The Morgan fingerprint density at radius 2 is 2.20 bits per heavy atom. The van der Waals surface area contributed by atoms with Crippen LogP contribution in [0.2, 0.25) is 0 Å².